The van der Waals surface area contributed by atoms with Crippen LogP contribution in [0.5, 0.6) is 0 Å². The number of fused-ring (bicyclic) bond motifs is 1. The number of aromatic nitrogens is 4. The summed E-state index contributed by atoms with van der Waals surface area (Å²) >= 11 is 5.75. The van der Waals surface area contributed by atoms with Gasteiger partial charge >= 0.3 is 0 Å². The van der Waals surface area contributed by atoms with E-state index >= 15 is 0 Å². The number of hydrogen-bond donors (Lipinski definition) is 0. The fourth-order valence-electron chi connectivity index (χ4n) is 0.903. The maximum absolute atomic E-state index is 5.75. The van der Waals surface area contributed by atoms with Crippen molar-refractivity contribution in [2.45, 2.75) is 34.6 Å². The molecule has 2 heterocycles. The van der Waals surface area contributed by atoms with Gasteiger partial charge in [0.2, 0.25) is 0 Å². The van der Waals surface area contributed by atoms with Crippen LogP contribution in [0.15, 0.2) is 12.5 Å². The lowest BCUT2D eigenvalue weighted by Gasteiger charge is -1.93. The van der Waals surface area contributed by atoms with Gasteiger partial charge in [0.25, 0.3) is 0 Å². The van der Waals surface area contributed by atoms with Gasteiger partial charge in [0, 0.05) is 0 Å². The van der Waals surface area contributed by atoms with E-state index in [2.05, 4.69) is 15.1 Å². The highest BCUT2D eigenvalue weighted by molar-refractivity contribution is 6.29. The van der Waals surface area contributed by atoms with Crippen molar-refractivity contribution in [3.05, 3.63) is 23.4 Å². The first-order chi connectivity index (χ1) is 7.29. The summed E-state index contributed by atoms with van der Waals surface area (Å²) in [7, 11) is 0. The largest absolute Gasteiger partial charge is 0.236 e. The van der Waals surface area contributed by atoms with Gasteiger partial charge in [-0.3, -0.25) is 0 Å². The Hall–Kier alpha value is -1.16. The van der Waals surface area contributed by atoms with E-state index in [0.29, 0.717) is 10.8 Å². The van der Waals surface area contributed by atoms with Crippen molar-refractivity contribution in [2.75, 3.05) is 0 Å². The average Bonchev–Trinajstić information content (AvgIpc) is 2.68. The van der Waals surface area contributed by atoms with Crippen LogP contribution in [0.25, 0.3) is 5.65 Å². The molecule has 2 rings (SSSR count). The molecule has 0 fully saturated rings. The van der Waals surface area contributed by atoms with Gasteiger partial charge in [-0.05, 0) is 6.92 Å². The van der Waals surface area contributed by atoms with E-state index in [1.807, 2.05) is 34.6 Å². The Morgan fingerprint density at radius 3 is 2.27 bits per heavy atom. The molecule has 0 saturated heterocycles. The number of rotatable bonds is 0. The zero-order chi connectivity index (χ0) is 11.8. The van der Waals surface area contributed by atoms with Crippen LogP contribution in [0, 0.1) is 6.92 Å². The number of halogens is 1. The highest BCUT2D eigenvalue weighted by Crippen LogP contribution is 2.10. The van der Waals surface area contributed by atoms with E-state index in [4.69, 9.17) is 11.6 Å². The first kappa shape index (κ1) is 13.8. The summed E-state index contributed by atoms with van der Waals surface area (Å²) in [6.45, 7) is 9.86. The monoisotopic (exact) mass is 228 g/mol. The second kappa shape index (κ2) is 7.17. The fourth-order valence-corrected chi connectivity index (χ4v) is 1.08. The first-order valence-electron chi connectivity index (χ1n) is 5.10. The van der Waals surface area contributed by atoms with Crippen molar-refractivity contribution in [1.82, 2.24) is 19.6 Å². The van der Waals surface area contributed by atoms with Crippen LogP contribution in [0.4, 0.5) is 0 Å². The molecule has 0 unspecified atom stereocenters. The van der Waals surface area contributed by atoms with E-state index < -0.39 is 0 Å². The molecule has 0 radical (unpaired) electrons. The SMILES string of the molecule is CC.CC.Cc1ncnn2c(Cl)cnc12. The Morgan fingerprint density at radius 1 is 1.13 bits per heavy atom. The van der Waals surface area contributed by atoms with Crippen LogP contribution >= 0.6 is 11.6 Å². The first-order valence-corrected chi connectivity index (χ1v) is 5.47. The van der Waals surface area contributed by atoms with E-state index in [9.17, 15) is 0 Å². The minimum atomic E-state index is 0.505. The quantitative estimate of drug-likeness (QED) is 0.696. The Bertz CT molecular complexity index is 397. The molecule has 0 aliphatic carbocycles. The Kier molecular flexibility index (Phi) is 6.62. The molecule has 0 amide bonds. The van der Waals surface area contributed by atoms with Gasteiger partial charge < -0.3 is 0 Å². The Labute approximate surface area is 95.3 Å². The van der Waals surface area contributed by atoms with E-state index in [1.54, 1.807) is 10.7 Å². The molecule has 4 nitrogen and oxygen atoms in total. The van der Waals surface area contributed by atoms with E-state index in [0.717, 1.165) is 5.69 Å². The predicted octanol–water partition coefficient (Wildman–Crippen LogP) is 3.14. The van der Waals surface area contributed by atoms with Gasteiger partial charge in [0.1, 0.15) is 6.33 Å². The number of aryl methyl sites for hydroxylation is 1. The van der Waals surface area contributed by atoms with E-state index in [-0.39, 0.29) is 0 Å². The van der Waals surface area contributed by atoms with E-state index in [1.165, 1.54) is 6.33 Å². The number of imidazole rings is 1. The zero-order valence-electron chi connectivity index (χ0n) is 9.82. The molecule has 0 spiro atoms. The fraction of sp³-hybridized carbons (Fsp3) is 0.500. The van der Waals surface area contributed by atoms with Crippen LogP contribution in [0.3, 0.4) is 0 Å². The standard InChI is InChI=1S/C6H5ClN4.2C2H6/c1-4-6-8-2-5(7)11(6)10-3-9-4;2*1-2/h2-3H,1H3;2*1-2H3. The van der Waals surface area contributed by atoms with Crippen molar-refractivity contribution >= 4 is 17.2 Å². The minimum Gasteiger partial charge on any atom is -0.236 e. The van der Waals surface area contributed by atoms with Crippen molar-refractivity contribution in [3.63, 3.8) is 0 Å². The molecule has 0 aliphatic heterocycles. The lowest BCUT2D eigenvalue weighted by atomic mass is 10.5. The number of nitrogens with zero attached hydrogens (tertiary/aromatic N) is 4. The van der Waals surface area contributed by atoms with Crippen LogP contribution in [0.2, 0.25) is 5.15 Å². The maximum atomic E-state index is 5.75. The number of hydrogen-bond acceptors (Lipinski definition) is 3. The minimum absolute atomic E-state index is 0.505. The topological polar surface area (TPSA) is 43.1 Å². The summed E-state index contributed by atoms with van der Waals surface area (Å²) in [5.74, 6) is 0. The molecule has 84 valence electrons. The summed E-state index contributed by atoms with van der Waals surface area (Å²) in [5, 5.41) is 4.42. The normalized spacial score (nSPS) is 8.67. The smallest absolute Gasteiger partial charge is 0.176 e. The zero-order valence-corrected chi connectivity index (χ0v) is 10.6. The molecule has 0 N–H and O–H groups in total. The molecular formula is C10H17ClN4. The summed E-state index contributed by atoms with van der Waals surface area (Å²) in [4.78, 5) is 7.99. The summed E-state index contributed by atoms with van der Waals surface area (Å²) in [5.41, 5.74) is 1.53. The molecule has 5 heteroatoms. The second-order valence-electron chi connectivity index (χ2n) is 2.16. The molecule has 0 aromatic carbocycles. The lowest BCUT2D eigenvalue weighted by Crippen LogP contribution is -1.95. The third kappa shape index (κ3) is 3.16. The van der Waals surface area contributed by atoms with Crippen molar-refractivity contribution in [3.8, 4) is 0 Å². The van der Waals surface area contributed by atoms with Gasteiger partial charge in [-0.1, -0.05) is 39.3 Å². The molecule has 2 aromatic rings. The van der Waals surface area contributed by atoms with Crippen LogP contribution in [0.1, 0.15) is 33.4 Å². The Morgan fingerprint density at radius 2 is 1.73 bits per heavy atom. The third-order valence-corrected chi connectivity index (χ3v) is 1.70. The summed E-state index contributed by atoms with van der Waals surface area (Å²) in [6.07, 6.45) is 3.01. The lowest BCUT2D eigenvalue weighted by molar-refractivity contribution is 0.881. The molecule has 0 atom stereocenters. The molecule has 0 bridgehead atoms. The van der Waals surface area contributed by atoms with Gasteiger partial charge in [-0.25, -0.2) is 9.97 Å². The van der Waals surface area contributed by atoms with Crippen LogP contribution < -0.4 is 0 Å². The Balaban J connectivity index is 0.000000442. The van der Waals surface area contributed by atoms with Crippen LogP contribution in [-0.2, 0) is 0 Å². The van der Waals surface area contributed by atoms with Gasteiger partial charge in [-0.15, -0.1) is 0 Å². The highest BCUT2D eigenvalue weighted by atomic mass is 35.5. The van der Waals surface area contributed by atoms with Crippen molar-refractivity contribution < 1.29 is 0 Å². The average molecular weight is 229 g/mol. The molecule has 2 aromatic heterocycles. The second-order valence-corrected chi connectivity index (χ2v) is 2.55. The van der Waals surface area contributed by atoms with Crippen molar-refractivity contribution in [1.29, 1.82) is 0 Å². The summed E-state index contributed by atoms with van der Waals surface area (Å²) in [6, 6.07) is 0. The van der Waals surface area contributed by atoms with Gasteiger partial charge in [0.15, 0.2) is 10.8 Å². The third-order valence-electron chi connectivity index (χ3n) is 1.44. The maximum Gasteiger partial charge on any atom is 0.176 e. The molecule has 15 heavy (non-hydrogen) atoms. The molecule has 0 saturated carbocycles. The van der Waals surface area contributed by atoms with Gasteiger partial charge in [-0.2, -0.15) is 9.61 Å². The van der Waals surface area contributed by atoms with Gasteiger partial charge in [0.05, 0.1) is 11.9 Å². The predicted molar refractivity (Wildman–Crippen MR) is 63.2 cm³/mol. The molecule has 0 aliphatic rings. The molecular weight excluding hydrogens is 212 g/mol. The van der Waals surface area contributed by atoms with Crippen molar-refractivity contribution in [2.24, 2.45) is 0 Å². The summed E-state index contributed by atoms with van der Waals surface area (Å²) < 4.78 is 1.55. The highest BCUT2D eigenvalue weighted by Gasteiger charge is 2.02. The van der Waals surface area contributed by atoms with Crippen LogP contribution in [-0.4, -0.2) is 19.6 Å².